The van der Waals surface area contributed by atoms with Crippen LogP contribution in [0.1, 0.15) is 106 Å². The van der Waals surface area contributed by atoms with Gasteiger partial charge in [0.2, 0.25) is 0 Å². The molecule has 198 valence electrons. The number of hydrogen-bond donors (Lipinski definition) is 3. The van der Waals surface area contributed by atoms with Crippen molar-refractivity contribution in [1.29, 1.82) is 0 Å². The first-order chi connectivity index (χ1) is 16.1. The van der Waals surface area contributed by atoms with Gasteiger partial charge in [-0.15, -0.1) is 0 Å². The molecule has 2 saturated carbocycles. The summed E-state index contributed by atoms with van der Waals surface area (Å²) >= 11 is 0. The van der Waals surface area contributed by atoms with Crippen LogP contribution in [0.4, 0.5) is 0 Å². The highest BCUT2D eigenvalue weighted by Gasteiger charge is 2.67. The van der Waals surface area contributed by atoms with Gasteiger partial charge in [0, 0.05) is 5.41 Å². The van der Waals surface area contributed by atoms with E-state index in [4.69, 9.17) is 0 Å². The second kappa shape index (κ2) is 8.72. The molecule has 0 radical (unpaired) electrons. The Bertz CT molecular complexity index is 915. The molecule has 1 unspecified atom stereocenters. The van der Waals surface area contributed by atoms with E-state index in [2.05, 4.69) is 55.0 Å². The van der Waals surface area contributed by atoms with Crippen molar-refractivity contribution in [2.45, 2.75) is 118 Å². The summed E-state index contributed by atoms with van der Waals surface area (Å²) in [6.45, 7) is 19.9. The standard InChI is InChI=1S/C31H50O4/c1-18(2)19(3)9-10-20(27(34)35)23-17-26(33)31(8)22-11-12-24-28(4,5)25(32)14-15-29(24,6)21(22)13-16-30(23,31)7/h18,20,23-26,32-33H,3,9-17H2,1-2,4-8H3,(H,34,35)/t20-,23?,24+,25-,26+,29-,30-,31-/m1/s1. The number of carbonyl (C=O) groups is 1. The zero-order valence-corrected chi connectivity index (χ0v) is 23.3. The third-order valence-electron chi connectivity index (χ3n) is 12.3. The fraction of sp³-hybridized carbons (Fsp3) is 0.839. The molecule has 0 aromatic heterocycles. The summed E-state index contributed by atoms with van der Waals surface area (Å²) in [7, 11) is 0. The number of fused-ring (bicyclic) bond motifs is 4. The molecule has 0 aromatic rings. The molecule has 0 saturated heterocycles. The van der Waals surface area contributed by atoms with Crippen LogP contribution in [-0.2, 0) is 4.79 Å². The summed E-state index contributed by atoms with van der Waals surface area (Å²) < 4.78 is 0. The third kappa shape index (κ3) is 3.71. The quantitative estimate of drug-likeness (QED) is 0.362. The van der Waals surface area contributed by atoms with Crippen molar-refractivity contribution < 1.29 is 20.1 Å². The maximum Gasteiger partial charge on any atom is 0.306 e. The molecule has 4 nitrogen and oxygen atoms in total. The number of aliphatic hydroxyl groups excluding tert-OH is 2. The highest BCUT2D eigenvalue weighted by Crippen LogP contribution is 2.72. The Morgan fingerprint density at radius 1 is 1.00 bits per heavy atom. The fourth-order valence-corrected chi connectivity index (χ4v) is 9.49. The Labute approximate surface area is 213 Å². The lowest BCUT2D eigenvalue weighted by Crippen LogP contribution is -2.56. The molecule has 4 aliphatic carbocycles. The molecule has 4 rings (SSSR count). The normalized spacial score (nSPS) is 43.4. The van der Waals surface area contributed by atoms with E-state index < -0.39 is 18.0 Å². The van der Waals surface area contributed by atoms with Gasteiger partial charge < -0.3 is 15.3 Å². The van der Waals surface area contributed by atoms with Gasteiger partial charge >= 0.3 is 5.97 Å². The molecule has 0 heterocycles. The summed E-state index contributed by atoms with van der Waals surface area (Å²) in [4.78, 5) is 12.6. The maximum absolute atomic E-state index is 12.6. The summed E-state index contributed by atoms with van der Waals surface area (Å²) in [5.41, 5.74) is 3.40. The molecule has 0 spiro atoms. The fourth-order valence-electron chi connectivity index (χ4n) is 9.49. The van der Waals surface area contributed by atoms with E-state index in [1.165, 1.54) is 11.1 Å². The lowest BCUT2D eigenvalue weighted by Gasteiger charge is -2.62. The topological polar surface area (TPSA) is 77.8 Å². The van der Waals surface area contributed by atoms with Gasteiger partial charge in [0.15, 0.2) is 0 Å². The van der Waals surface area contributed by atoms with Crippen molar-refractivity contribution in [1.82, 2.24) is 0 Å². The van der Waals surface area contributed by atoms with Gasteiger partial charge in [0.25, 0.3) is 0 Å². The average molecular weight is 487 g/mol. The number of carboxylic acid groups (broad SMARTS) is 1. The molecule has 3 N–H and O–H groups in total. The smallest absolute Gasteiger partial charge is 0.306 e. The van der Waals surface area contributed by atoms with E-state index in [-0.39, 0.29) is 33.7 Å². The van der Waals surface area contributed by atoms with Crippen LogP contribution in [0.15, 0.2) is 23.3 Å². The first-order valence-corrected chi connectivity index (χ1v) is 14.1. The number of carboxylic acids is 1. The van der Waals surface area contributed by atoms with Gasteiger partial charge in [-0.1, -0.05) is 71.8 Å². The first-order valence-electron chi connectivity index (χ1n) is 14.1. The molecule has 8 atom stereocenters. The van der Waals surface area contributed by atoms with E-state index in [0.29, 0.717) is 24.7 Å². The largest absolute Gasteiger partial charge is 0.481 e. The minimum absolute atomic E-state index is 0.0378. The molecular formula is C31H50O4. The first kappa shape index (κ1) is 26.9. The highest BCUT2D eigenvalue weighted by atomic mass is 16.4. The monoisotopic (exact) mass is 486 g/mol. The van der Waals surface area contributed by atoms with Crippen LogP contribution in [0.5, 0.6) is 0 Å². The number of rotatable bonds is 6. The lowest BCUT2D eigenvalue weighted by molar-refractivity contribution is -0.147. The average Bonchev–Trinajstić information content (AvgIpc) is 2.98. The molecule has 0 bridgehead atoms. The van der Waals surface area contributed by atoms with E-state index in [1.54, 1.807) is 0 Å². The number of allylic oxidation sites excluding steroid dienone is 2. The van der Waals surface area contributed by atoms with Crippen molar-refractivity contribution in [3.05, 3.63) is 23.3 Å². The Kier molecular flexibility index (Phi) is 6.71. The third-order valence-corrected chi connectivity index (χ3v) is 12.3. The van der Waals surface area contributed by atoms with Crippen molar-refractivity contribution in [2.75, 3.05) is 0 Å². The summed E-state index contributed by atoms with van der Waals surface area (Å²) in [5, 5.41) is 32.8. The molecule has 0 aromatic carbocycles. The Morgan fingerprint density at radius 2 is 1.66 bits per heavy atom. The van der Waals surface area contributed by atoms with E-state index in [0.717, 1.165) is 50.5 Å². The minimum Gasteiger partial charge on any atom is -0.481 e. The van der Waals surface area contributed by atoms with Crippen LogP contribution in [0.25, 0.3) is 0 Å². The predicted molar refractivity (Wildman–Crippen MR) is 141 cm³/mol. The van der Waals surface area contributed by atoms with Crippen molar-refractivity contribution in [3.8, 4) is 0 Å². The van der Waals surface area contributed by atoms with Crippen molar-refractivity contribution >= 4 is 5.97 Å². The minimum atomic E-state index is -0.720. The Morgan fingerprint density at radius 3 is 2.26 bits per heavy atom. The zero-order chi connectivity index (χ0) is 26.1. The van der Waals surface area contributed by atoms with Crippen LogP contribution in [0, 0.1) is 45.3 Å². The summed E-state index contributed by atoms with van der Waals surface area (Å²) in [6, 6.07) is 0. The van der Waals surface area contributed by atoms with Gasteiger partial charge in [-0.3, -0.25) is 4.79 Å². The maximum atomic E-state index is 12.6. The van der Waals surface area contributed by atoms with Gasteiger partial charge in [0.05, 0.1) is 18.1 Å². The van der Waals surface area contributed by atoms with Gasteiger partial charge in [-0.2, -0.15) is 0 Å². The Hall–Kier alpha value is -1.13. The van der Waals surface area contributed by atoms with Gasteiger partial charge in [-0.05, 0) is 91.8 Å². The summed E-state index contributed by atoms with van der Waals surface area (Å²) in [5.74, 6) is -0.415. The van der Waals surface area contributed by atoms with Gasteiger partial charge in [0.1, 0.15) is 0 Å². The Balaban J connectivity index is 1.72. The molecule has 4 aliphatic rings. The van der Waals surface area contributed by atoms with Gasteiger partial charge in [-0.25, -0.2) is 0 Å². The van der Waals surface area contributed by atoms with Crippen molar-refractivity contribution in [2.24, 2.45) is 45.3 Å². The molecule has 4 heteroatoms. The van der Waals surface area contributed by atoms with Crippen molar-refractivity contribution in [3.63, 3.8) is 0 Å². The number of hydrogen-bond acceptors (Lipinski definition) is 3. The lowest BCUT2D eigenvalue weighted by atomic mass is 9.43. The second-order valence-corrected chi connectivity index (χ2v) is 14.1. The number of aliphatic hydroxyl groups is 2. The zero-order valence-electron chi connectivity index (χ0n) is 23.3. The number of aliphatic carboxylic acids is 1. The van der Waals surface area contributed by atoms with E-state index in [1.807, 2.05) is 0 Å². The molecule has 2 fully saturated rings. The van der Waals surface area contributed by atoms with Crippen LogP contribution < -0.4 is 0 Å². The molecule has 35 heavy (non-hydrogen) atoms. The van der Waals surface area contributed by atoms with Crippen LogP contribution >= 0.6 is 0 Å². The molecule has 0 aliphatic heterocycles. The SMILES string of the molecule is C=C(CC[C@@H](C(=O)O)C1C[C@H](O)[C@@]2(C)C3=C(CC[C@]12C)[C@@]1(C)CC[C@@H](O)C(C)(C)[C@@H]1CC3)C(C)C. The summed E-state index contributed by atoms with van der Waals surface area (Å²) in [6.07, 6.45) is 6.90. The van der Waals surface area contributed by atoms with E-state index >= 15 is 0 Å². The molecule has 0 amide bonds. The van der Waals surface area contributed by atoms with Crippen LogP contribution in [-0.4, -0.2) is 33.5 Å². The van der Waals surface area contributed by atoms with Crippen LogP contribution in [0.3, 0.4) is 0 Å². The van der Waals surface area contributed by atoms with E-state index in [9.17, 15) is 20.1 Å². The van der Waals surface area contributed by atoms with Crippen LogP contribution in [0.2, 0.25) is 0 Å². The molecular weight excluding hydrogens is 436 g/mol. The second-order valence-electron chi connectivity index (χ2n) is 14.1. The predicted octanol–water partition coefficient (Wildman–Crippen LogP) is 6.76. The highest BCUT2D eigenvalue weighted by molar-refractivity contribution is 5.71.